The third-order valence-electron chi connectivity index (χ3n) is 5.33. The first-order chi connectivity index (χ1) is 14.2. The van der Waals surface area contributed by atoms with Crippen molar-refractivity contribution in [3.05, 3.63) is 61.6 Å². The van der Waals surface area contributed by atoms with Gasteiger partial charge in [-0.15, -0.1) is 0 Å². The van der Waals surface area contributed by atoms with Crippen molar-refractivity contribution in [1.82, 2.24) is 13.8 Å². The summed E-state index contributed by atoms with van der Waals surface area (Å²) in [5, 5.41) is 1.33. The van der Waals surface area contributed by atoms with Crippen molar-refractivity contribution in [1.29, 1.82) is 0 Å². The molecule has 0 atom stereocenters. The molecule has 160 valence electrons. The average molecular weight is 552 g/mol. The van der Waals surface area contributed by atoms with E-state index in [1.807, 2.05) is 0 Å². The van der Waals surface area contributed by atoms with Gasteiger partial charge in [0.15, 0.2) is 0 Å². The van der Waals surface area contributed by atoms with Crippen LogP contribution in [-0.4, -0.2) is 55.4 Å². The van der Waals surface area contributed by atoms with Crippen molar-refractivity contribution in [2.75, 3.05) is 33.2 Å². The van der Waals surface area contributed by atoms with Crippen LogP contribution in [0.5, 0.6) is 0 Å². The molecular weight excluding hydrogens is 533 g/mol. The van der Waals surface area contributed by atoms with Gasteiger partial charge in [-0.1, -0.05) is 50.7 Å². The van der Waals surface area contributed by atoms with E-state index in [-0.39, 0.29) is 20.0 Å². The van der Waals surface area contributed by atoms with Gasteiger partial charge in [-0.2, -0.15) is 0 Å². The fourth-order valence-corrected chi connectivity index (χ4v) is 5.98. The van der Waals surface area contributed by atoms with E-state index < -0.39 is 10.0 Å². The molecule has 1 aliphatic heterocycles. The second-order valence-electron chi connectivity index (χ2n) is 7.37. The number of nitrogens with zero attached hydrogens (tertiary/aromatic N) is 3. The zero-order chi connectivity index (χ0) is 21.6. The number of rotatable bonds is 4. The highest BCUT2D eigenvalue weighted by molar-refractivity contribution is 9.10. The van der Waals surface area contributed by atoms with Crippen LogP contribution in [0.1, 0.15) is 5.56 Å². The van der Waals surface area contributed by atoms with Gasteiger partial charge < -0.3 is 4.90 Å². The third kappa shape index (κ3) is 4.13. The molecule has 2 heterocycles. The van der Waals surface area contributed by atoms with Crippen molar-refractivity contribution in [2.24, 2.45) is 0 Å². The first-order valence-electron chi connectivity index (χ1n) is 9.28. The predicted molar refractivity (Wildman–Crippen MR) is 126 cm³/mol. The number of halogens is 4. The van der Waals surface area contributed by atoms with E-state index in [2.05, 4.69) is 32.8 Å². The quantitative estimate of drug-likeness (QED) is 0.410. The van der Waals surface area contributed by atoms with E-state index in [1.165, 1.54) is 3.97 Å². The lowest BCUT2D eigenvalue weighted by molar-refractivity contribution is 0.148. The average Bonchev–Trinajstić information content (AvgIpc) is 3.07. The highest BCUT2D eigenvalue weighted by Crippen LogP contribution is 2.40. The molecule has 0 spiro atoms. The van der Waals surface area contributed by atoms with Gasteiger partial charge in [-0.25, -0.2) is 12.4 Å². The van der Waals surface area contributed by atoms with Gasteiger partial charge in [-0.05, 0) is 42.9 Å². The monoisotopic (exact) mass is 549 g/mol. The number of aromatic nitrogens is 1. The van der Waals surface area contributed by atoms with Crippen LogP contribution in [0.25, 0.3) is 10.9 Å². The minimum absolute atomic E-state index is 0.177. The molecule has 1 saturated heterocycles. The van der Waals surface area contributed by atoms with Crippen molar-refractivity contribution in [3.63, 3.8) is 0 Å². The molecule has 2 aromatic carbocycles. The first-order valence-corrected chi connectivity index (χ1v) is 12.6. The van der Waals surface area contributed by atoms with Crippen molar-refractivity contribution < 1.29 is 8.42 Å². The molecule has 1 aliphatic rings. The lowest BCUT2D eigenvalue weighted by atomic mass is 10.1. The number of fused-ring (bicyclic) bond motifs is 1. The Morgan fingerprint density at radius 1 is 1.00 bits per heavy atom. The van der Waals surface area contributed by atoms with E-state index >= 15 is 0 Å². The molecule has 3 aromatic rings. The lowest BCUT2D eigenvalue weighted by Crippen LogP contribution is -2.43. The summed E-state index contributed by atoms with van der Waals surface area (Å²) in [7, 11) is -1.76. The molecule has 0 unspecified atom stereocenters. The molecule has 0 amide bonds. The predicted octanol–water partition coefficient (Wildman–Crippen LogP) is 5.35. The smallest absolute Gasteiger partial charge is 0.268 e. The summed E-state index contributed by atoms with van der Waals surface area (Å²) in [6, 6.07) is 8.07. The molecule has 4 rings (SSSR count). The standard InChI is InChI=1S/C20H19BrCl3N3O2S/c1-25-6-8-26(9-7-25)11-13-12-27(17-10-16(22)19(23)20(24)18(13)17)30(28,29)15-4-2-14(21)3-5-15/h2-5,10,12H,6-9,11H2,1H3. The summed E-state index contributed by atoms with van der Waals surface area (Å²) in [4.78, 5) is 4.72. The van der Waals surface area contributed by atoms with E-state index in [0.717, 1.165) is 36.2 Å². The van der Waals surface area contributed by atoms with Gasteiger partial charge in [0.25, 0.3) is 10.0 Å². The van der Waals surface area contributed by atoms with E-state index in [1.54, 1.807) is 36.5 Å². The van der Waals surface area contributed by atoms with Gasteiger partial charge in [0.1, 0.15) is 0 Å². The Labute approximate surface area is 199 Å². The van der Waals surface area contributed by atoms with Gasteiger partial charge in [0, 0.05) is 48.8 Å². The fourth-order valence-electron chi connectivity index (χ4n) is 3.62. The molecule has 0 radical (unpaired) electrons. The van der Waals surface area contributed by atoms with Crippen LogP contribution < -0.4 is 0 Å². The minimum atomic E-state index is -3.85. The topological polar surface area (TPSA) is 45.5 Å². The SMILES string of the molecule is CN1CCN(Cc2cn(S(=O)(=O)c3ccc(Br)cc3)c3cc(Cl)c(Cl)c(Cl)c23)CC1. The zero-order valence-electron chi connectivity index (χ0n) is 16.1. The molecule has 1 aromatic heterocycles. The summed E-state index contributed by atoms with van der Waals surface area (Å²) < 4.78 is 28.9. The highest BCUT2D eigenvalue weighted by atomic mass is 79.9. The molecule has 0 saturated carbocycles. The Morgan fingerprint density at radius 2 is 1.63 bits per heavy atom. The summed E-state index contributed by atoms with van der Waals surface area (Å²) in [5.74, 6) is 0. The summed E-state index contributed by atoms with van der Waals surface area (Å²) in [5.41, 5.74) is 1.22. The largest absolute Gasteiger partial charge is 0.304 e. The van der Waals surface area contributed by atoms with E-state index in [4.69, 9.17) is 34.8 Å². The van der Waals surface area contributed by atoms with Gasteiger partial charge >= 0.3 is 0 Å². The van der Waals surface area contributed by atoms with Crippen LogP contribution in [0.15, 0.2) is 45.9 Å². The normalized spacial score (nSPS) is 16.4. The van der Waals surface area contributed by atoms with Crippen LogP contribution in [0.3, 0.4) is 0 Å². The van der Waals surface area contributed by atoms with Gasteiger partial charge in [0.2, 0.25) is 0 Å². The summed E-state index contributed by atoms with van der Waals surface area (Å²) in [6.45, 7) is 4.26. The number of likely N-dealkylation sites (N-methyl/N-ethyl adjacent to an activating group) is 1. The van der Waals surface area contributed by atoms with Crippen molar-refractivity contribution >= 4 is 71.7 Å². The molecule has 0 bridgehead atoms. The first kappa shape index (κ1) is 22.4. The molecule has 10 heteroatoms. The minimum Gasteiger partial charge on any atom is -0.304 e. The molecule has 0 N–H and O–H groups in total. The number of hydrogen-bond acceptors (Lipinski definition) is 4. The summed E-state index contributed by atoms with van der Waals surface area (Å²) in [6.07, 6.45) is 1.64. The zero-order valence-corrected chi connectivity index (χ0v) is 20.7. The second kappa shape index (κ2) is 8.62. The maximum absolute atomic E-state index is 13.4. The number of piperazine rings is 1. The molecule has 1 fully saturated rings. The maximum atomic E-state index is 13.4. The van der Waals surface area contributed by atoms with Crippen LogP contribution in [-0.2, 0) is 16.6 Å². The Bertz CT molecular complexity index is 1200. The van der Waals surface area contributed by atoms with Gasteiger partial charge in [0.05, 0.1) is 25.5 Å². The highest BCUT2D eigenvalue weighted by Gasteiger charge is 2.26. The summed E-state index contributed by atoms with van der Waals surface area (Å²) >= 11 is 22.4. The number of benzene rings is 2. The van der Waals surface area contributed by atoms with Crippen LogP contribution in [0.4, 0.5) is 0 Å². The molecule has 30 heavy (non-hydrogen) atoms. The fraction of sp³-hybridized carbons (Fsp3) is 0.300. The van der Waals surface area contributed by atoms with E-state index in [0.29, 0.717) is 17.4 Å². The lowest BCUT2D eigenvalue weighted by Gasteiger charge is -2.32. The molecular formula is C20H19BrCl3N3O2S. The maximum Gasteiger partial charge on any atom is 0.268 e. The van der Waals surface area contributed by atoms with E-state index in [9.17, 15) is 8.42 Å². The van der Waals surface area contributed by atoms with Crippen LogP contribution in [0, 0.1) is 0 Å². The second-order valence-corrected chi connectivity index (χ2v) is 11.3. The van der Waals surface area contributed by atoms with Crippen LogP contribution in [0.2, 0.25) is 15.1 Å². The number of hydrogen-bond donors (Lipinski definition) is 0. The molecule has 0 aliphatic carbocycles. The van der Waals surface area contributed by atoms with Gasteiger partial charge in [-0.3, -0.25) is 4.90 Å². The Morgan fingerprint density at radius 3 is 2.27 bits per heavy atom. The van der Waals surface area contributed by atoms with Crippen molar-refractivity contribution in [2.45, 2.75) is 11.4 Å². The molecule has 5 nitrogen and oxygen atoms in total. The Balaban J connectivity index is 1.87. The Hall–Kier alpha value is -0.800. The Kier molecular flexibility index (Phi) is 6.43. The van der Waals surface area contributed by atoms with Crippen molar-refractivity contribution in [3.8, 4) is 0 Å². The van der Waals surface area contributed by atoms with Crippen LogP contribution >= 0.6 is 50.7 Å². The third-order valence-corrected chi connectivity index (χ3v) is 8.81.